The Morgan fingerprint density at radius 2 is 1.70 bits per heavy atom. The minimum atomic E-state index is -0.132. The fourth-order valence-corrected chi connectivity index (χ4v) is 4.52. The summed E-state index contributed by atoms with van der Waals surface area (Å²) in [4.78, 5) is 16.5. The fourth-order valence-electron chi connectivity index (χ4n) is 4.52. The number of piperazine rings is 1. The Hall–Kier alpha value is -2.46. The van der Waals surface area contributed by atoms with E-state index in [0.717, 1.165) is 68.7 Å². The molecule has 3 rings (SSSR count). The molecule has 1 N–H and O–H groups in total. The Morgan fingerprint density at radius 1 is 1.07 bits per heavy atom. The minimum absolute atomic E-state index is 0.0333. The maximum absolute atomic E-state index is 11.6. The van der Waals surface area contributed by atoms with Crippen LogP contribution in [0, 0.1) is 17.2 Å². The van der Waals surface area contributed by atoms with Gasteiger partial charge < -0.3 is 19.7 Å². The standard InChI is InChI=1S/C23H34N4O3/c1-29-21-15-20(16-22(17-21)30-2)27-13-11-26(12-14-27)10-8-18-3-5-19(6-4-18)25-23(28)7-9-24/h15-19H,3-8,10-14H2,1-2H3,(H,25,28)/t18-,19-. The van der Waals surface area contributed by atoms with Crippen molar-refractivity contribution in [3.63, 3.8) is 0 Å². The van der Waals surface area contributed by atoms with Crippen LogP contribution in [0.2, 0.25) is 0 Å². The molecule has 2 aliphatic rings. The van der Waals surface area contributed by atoms with Crippen molar-refractivity contribution >= 4 is 11.6 Å². The van der Waals surface area contributed by atoms with Crippen LogP contribution < -0.4 is 19.7 Å². The first kappa shape index (κ1) is 22.2. The van der Waals surface area contributed by atoms with Gasteiger partial charge >= 0.3 is 0 Å². The highest BCUT2D eigenvalue weighted by Gasteiger charge is 2.24. The highest BCUT2D eigenvalue weighted by molar-refractivity contribution is 5.78. The molecule has 1 saturated heterocycles. The maximum Gasteiger partial charge on any atom is 0.234 e. The average Bonchev–Trinajstić information content (AvgIpc) is 2.78. The third-order valence-corrected chi connectivity index (χ3v) is 6.38. The van der Waals surface area contributed by atoms with Gasteiger partial charge in [-0.3, -0.25) is 9.69 Å². The molecule has 0 radical (unpaired) electrons. The Balaban J connectivity index is 1.38. The molecule has 1 heterocycles. The first-order chi connectivity index (χ1) is 14.6. The molecule has 7 heteroatoms. The zero-order chi connectivity index (χ0) is 21.3. The van der Waals surface area contributed by atoms with E-state index in [2.05, 4.69) is 27.2 Å². The molecular formula is C23H34N4O3. The van der Waals surface area contributed by atoms with Crippen LogP contribution in [0.25, 0.3) is 0 Å². The van der Waals surface area contributed by atoms with Gasteiger partial charge in [0.1, 0.15) is 17.9 Å². The summed E-state index contributed by atoms with van der Waals surface area (Å²) >= 11 is 0. The number of hydrogen-bond acceptors (Lipinski definition) is 6. The molecule has 0 bridgehead atoms. The number of nitrogens with one attached hydrogen (secondary N) is 1. The lowest BCUT2D eigenvalue weighted by Crippen LogP contribution is -2.47. The fraction of sp³-hybridized carbons (Fsp3) is 0.652. The number of nitriles is 1. The second kappa shape index (κ2) is 11.1. The van der Waals surface area contributed by atoms with E-state index in [0.29, 0.717) is 0 Å². The van der Waals surface area contributed by atoms with Crippen LogP contribution >= 0.6 is 0 Å². The molecule has 1 aromatic carbocycles. The summed E-state index contributed by atoms with van der Waals surface area (Å²) in [6, 6.07) is 8.23. The lowest BCUT2D eigenvalue weighted by molar-refractivity contribution is -0.121. The van der Waals surface area contributed by atoms with E-state index < -0.39 is 0 Å². The number of benzene rings is 1. The molecule has 0 unspecified atom stereocenters. The van der Waals surface area contributed by atoms with E-state index in [4.69, 9.17) is 14.7 Å². The smallest absolute Gasteiger partial charge is 0.234 e. The first-order valence-corrected chi connectivity index (χ1v) is 11.0. The van der Waals surface area contributed by atoms with E-state index in [1.807, 2.05) is 12.1 Å². The summed E-state index contributed by atoms with van der Waals surface area (Å²) in [5, 5.41) is 11.6. The van der Waals surface area contributed by atoms with Gasteiger partial charge in [0.2, 0.25) is 5.91 Å². The number of carbonyl (C=O) groups is 1. The van der Waals surface area contributed by atoms with Crippen LogP contribution in [-0.4, -0.2) is 63.8 Å². The number of carbonyl (C=O) groups excluding carboxylic acids is 1. The van der Waals surface area contributed by atoms with E-state index >= 15 is 0 Å². The van der Waals surface area contributed by atoms with Crippen molar-refractivity contribution in [1.29, 1.82) is 5.26 Å². The lowest BCUT2D eigenvalue weighted by atomic mass is 9.84. The highest BCUT2D eigenvalue weighted by atomic mass is 16.5. The Kier molecular flexibility index (Phi) is 8.21. The van der Waals surface area contributed by atoms with Crippen molar-refractivity contribution in [2.24, 2.45) is 5.92 Å². The number of hydrogen-bond donors (Lipinski definition) is 1. The van der Waals surface area contributed by atoms with Crippen LogP contribution in [0.15, 0.2) is 18.2 Å². The summed E-state index contributed by atoms with van der Waals surface area (Å²) in [6.45, 7) is 5.30. The Morgan fingerprint density at radius 3 is 2.27 bits per heavy atom. The SMILES string of the molecule is COc1cc(OC)cc(N2CCN(CC[C@H]3CC[C@H](NC(=O)CC#N)CC3)CC2)c1. The van der Waals surface area contributed by atoms with Gasteiger partial charge in [-0.15, -0.1) is 0 Å². The third kappa shape index (κ3) is 6.27. The van der Waals surface area contributed by atoms with Crippen LogP contribution in [-0.2, 0) is 4.79 Å². The second-order valence-corrected chi connectivity index (χ2v) is 8.31. The predicted octanol–water partition coefficient (Wildman–Crippen LogP) is 2.80. The number of rotatable bonds is 8. The number of nitrogens with zero attached hydrogens (tertiary/aromatic N) is 3. The Bertz CT molecular complexity index is 710. The summed E-state index contributed by atoms with van der Waals surface area (Å²) in [5.41, 5.74) is 1.16. The van der Waals surface area contributed by atoms with Gasteiger partial charge in [0.25, 0.3) is 0 Å². The minimum Gasteiger partial charge on any atom is -0.497 e. The molecule has 1 aliphatic heterocycles. The number of methoxy groups -OCH3 is 2. The molecule has 1 amide bonds. The van der Waals surface area contributed by atoms with Crippen molar-refractivity contribution in [1.82, 2.24) is 10.2 Å². The van der Waals surface area contributed by atoms with Gasteiger partial charge in [-0.2, -0.15) is 5.26 Å². The van der Waals surface area contributed by atoms with E-state index in [1.54, 1.807) is 14.2 Å². The molecule has 1 saturated carbocycles. The van der Waals surface area contributed by atoms with Gasteiger partial charge in [-0.05, 0) is 44.6 Å². The first-order valence-electron chi connectivity index (χ1n) is 11.0. The molecule has 0 aromatic heterocycles. The lowest BCUT2D eigenvalue weighted by Gasteiger charge is -2.37. The predicted molar refractivity (Wildman–Crippen MR) is 117 cm³/mol. The highest BCUT2D eigenvalue weighted by Crippen LogP contribution is 2.30. The van der Waals surface area contributed by atoms with Crippen LogP contribution in [0.1, 0.15) is 38.5 Å². The summed E-state index contributed by atoms with van der Waals surface area (Å²) in [5.74, 6) is 2.26. The van der Waals surface area contributed by atoms with E-state index in [9.17, 15) is 4.79 Å². The maximum atomic E-state index is 11.6. The largest absolute Gasteiger partial charge is 0.497 e. The van der Waals surface area contributed by atoms with Crippen molar-refractivity contribution in [2.75, 3.05) is 51.8 Å². The average molecular weight is 415 g/mol. The normalized spacial score (nSPS) is 22.2. The molecule has 164 valence electrons. The monoisotopic (exact) mass is 414 g/mol. The second-order valence-electron chi connectivity index (χ2n) is 8.31. The Labute approximate surface area is 179 Å². The molecule has 0 atom stereocenters. The molecule has 1 aliphatic carbocycles. The summed E-state index contributed by atoms with van der Waals surface area (Å²) in [6.07, 6.45) is 5.60. The van der Waals surface area contributed by atoms with E-state index in [-0.39, 0.29) is 18.4 Å². The van der Waals surface area contributed by atoms with Gasteiger partial charge in [-0.1, -0.05) is 0 Å². The van der Waals surface area contributed by atoms with Crippen molar-refractivity contribution in [2.45, 2.75) is 44.6 Å². The van der Waals surface area contributed by atoms with Gasteiger partial charge in [0.05, 0.1) is 20.3 Å². The number of anilines is 1. The van der Waals surface area contributed by atoms with Gasteiger partial charge in [0.15, 0.2) is 0 Å². The third-order valence-electron chi connectivity index (χ3n) is 6.38. The van der Waals surface area contributed by atoms with E-state index in [1.165, 1.54) is 19.3 Å². The van der Waals surface area contributed by atoms with Crippen molar-refractivity contribution in [3.8, 4) is 17.6 Å². The van der Waals surface area contributed by atoms with Crippen molar-refractivity contribution < 1.29 is 14.3 Å². The number of ether oxygens (including phenoxy) is 2. The zero-order valence-electron chi connectivity index (χ0n) is 18.2. The van der Waals surface area contributed by atoms with Crippen LogP contribution in [0.5, 0.6) is 11.5 Å². The van der Waals surface area contributed by atoms with Gasteiger partial charge in [-0.25, -0.2) is 0 Å². The molecule has 30 heavy (non-hydrogen) atoms. The molecule has 7 nitrogen and oxygen atoms in total. The number of amides is 1. The summed E-state index contributed by atoms with van der Waals surface area (Å²) < 4.78 is 10.8. The molecule has 0 spiro atoms. The quantitative estimate of drug-likeness (QED) is 0.705. The topological polar surface area (TPSA) is 77.8 Å². The summed E-state index contributed by atoms with van der Waals surface area (Å²) in [7, 11) is 3.37. The van der Waals surface area contributed by atoms with Crippen LogP contribution in [0.3, 0.4) is 0 Å². The van der Waals surface area contributed by atoms with Crippen LogP contribution in [0.4, 0.5) is 5.69 Å². The molecular weight excluding hydrogens is 380 g/mol. The van der Waals surface area contributed by atoms with Gasteiger partial charge in [0, 0.05) is 56.1 Å². The molecule has 1 aromatic rings. The molecule has 2 fully saturated rings. The van der Waals surface area contributed by atoms with Crippen molar-refractivity contribution in [3.05, 3.63) is 18.2 Å². The zero-order valence-corrected chi connectivity index (χ0v) is 18.2.